The number of nitrogens with one attached hydrogen (secondary N) is 1. The minimum Gasteiger partial charge on any atom is -0.460 e. The third-order valence-corrected chi connectivity index (χ3v) is 7.55. The van der Waals surface area contributed by atoms with E-state index in [0.29, 0.717) is 19.4 Å². The summed E-state index contributed by atoms with van der Waals surface area (Å²) in [5.41, 5.74) is 3.08. The topological polar surface area (TPSA) is 71.5 Å². The van der Waals surface area contributed by atoms with E-state index >= 15 is 0 Å². The van der Waals surface area contributed by atoms with Crippen molar-refractivity contribution in [2.75, 3.05) is 20.6 Å². The first kappa shape index (κ1) is 26.3. The summed E-state index contributed by atoms with van der Waals surface area (Å²) in [5, 5.41) is 3.97. The van der Waals surface area contributed by atoms with Crippen LogP contribution in [-0.4, -0.2) is 48.0 Å². The largest absolute Gasteiger partial charge is 0.460 e. The summed E-state index contributed by atoms with van der Waals surface area (Å²) in [6.07, 6.45) is 3.27. The van der Waals surface area contributed by atoms with Crippen LogP contribution in [-0.2, 0) is 40.1 Å². The molecule has 192 valence electrons. The predicted molar refractivity (Wildman–Crippen MR) is 145 cm³/mol. The molecule has 0 saturated heterocycles. The van der Waals surface area contributed by atoms with Crippen molar-refractivity contribution in [3.8, 4) is 0 Å². The van der Waals surface area contributed by atoms with E-state index < -0.39 is 11.0 Å². The molecule has 4 rings (SSSR count). The lowest BCUT2D eigenvalue weighted by Crippen LogP contribution is -2.44. The van der Waals surface area contributed by atoms with Gasteiger partial charge in [0.2, 0.25) is 5.91 Å². The average Bonchev–Trinajstić information content (AvgIpc) is 3.36. The van der Waals surface area contributed by atoms with Crippen molar-refractivity contribution in [2.45, 2.75) is 65.0 Å². The molecule has 6 nitrogen and oxygen atoms in total. The third-order valence-electron chi connectivity index (χ3n) is 6.53. The molecule has 2 aromatic carbocycles. The van der Waals surface area contributed by atoms with E-state index in [2.05, 4.69) is 42.5 Å². The van der Waals surface area contributed by atoms with Gasteiger partial charge in [-0.05, 0) is 95.9 Å². The highest BCUT2D eigenvalue weighted by Crippen LogP contribution is 2.41. The highest BCUT2D eigenvalue weighted by atomic mass is 32.1. The summed E-state index contributed by atoms with van der Waals surface area (Å²) in [7, 11) is 4.18. The Hall–Kier alpha value is -2.77. The number of amides is 1. The number of hydrogen-bond acceptors (Lipinski definition) is 6. The molecule has 1 aromatic heterocycles. The van der Waals surface area contributed by atoms with Gasteiger partial charge in [0.15, 0.2) is 0 Å². The summed E-state index contributed by atoms with van der Waals surface area (Å²) >= 11 is 1.62. The van der Waals surface area contributed by atoms with Crippen molar-refractivity contribution < 1.29 is 14.3 Å². The van der Waals surface area contributed by atoms with Crippen molar-refractivity contribution in [3.05, 3.63) is 64.2 Å². The van der Waals surface area contributed by atoms with Crippen LogP contribution in [0.2, 0.25) is 0 Å². The minimum absolute atomic E-state index is 0.0565. The molecule has 0 spiro atoms. The lowest BCUT2D eigenvalue weighted by molar-refractivity contribution is -0.160. The van der Waals surface area contributed by atoms with Gasteiger partial charge < -0.3 is 15.0 Å². The van der Waals surface area contributed by atoms with Gasteiger partial charge in [0.05, 0.1) is 28.6 Å². The molecule has 1 N–H and O–H groups in total. The molecule has 1 aliphatic rings. The zero-order valence-corrected chi connectivity index (χ0v) is 22.8. The van der Waals surface area contributed by atoms with Gasteiger partial charge in [0.1, 0.15) is 10.6 Å². The van der Waals surface area contributed by atoms with Gasteiger partial charge >= 0.3 is 5.97 Å². The number of thiazole rings is 1. The lowest BCUT2D eigenvalue weighted by Gasteiger charge is -2.28. The Bertz CT molecular complexity index is 1220. The molecule has 1 aliphatic carbocycles. The summed E-state index contributed by atoms with van der Waals surface area (Å²) in [4.78, 5) is 33.3. The van der Waals surface area contributed by atoms with Crippen molar-refractivity contribution in [1.29, 1.82) is 0 Å². The van der Waals surface area contributed by atoms with E-state index in [0.717, 1.165) is 45.7 Å². The van der Waals surface area contributed by atoms with Crippen molar-refractivity contribution in [3.63, 3.8) is 0 Å². The first-order valence-corrected chi connectivity index (χ1v) is 13.4. The monoisotopic (exact) mass is 507 g/mol. The van der Waals surface area contributed by atoms with Crippen LogP contribution < -0.4 is 5.32 Å². The molecule has 7 heteroatoms. The van der Waals surface area contributed by atoms with Gasteiger partial charge in [-0.1, -0.05) is 30.3 Å². The first-order valence-electron chi connectivity index (χ1n) is 12.6. The van der Waals surface area contributed by atoms with Crippen molar-refractivity contribution >= 4 is 33.4 Å². The van der Waals surface area contributed by atoms with E-state index in [1.807, 2.05) is 45.0 Å². The average molecular weight is 508 g/mol. The van der Waals surface area contributed by atoms with Crippen LogP contribution in [0.4, 0.5) is 0 Å². The van der Waals surface area contributed by atoms with Crippen LogP contribution in [0.15, 0.2) is 42.5 Å². The Morgan fingerprint density at radius 3 is 2.44 bits per heavy atom. The van der Waals surface area contributed by atoms with Crippen LogP contribution in [0.5, 0.6) is 0 Å². The number of nitrogens with zero attached hydrogens (tertiary/aromatic N) is 2. The van der Waals surface area contributed by atoms with Gasteiger partial charge in [-0.3, -0.25) is 9.59 Å². The summed E-state index contributed by atoms with van der Waals surface area (Å²) in [6.45, 7) is 6.96. The van der Waals surface area contributed by atoms with Crippen LogP contribution >= 0.6 is 11.3 Å². The lowest BCUT2D eigenvalue weighted by atomic mass is 9.80. The number of aryl methyl sites for hydroxylation is 1. The molecule has 0 fully saturated rings. The second-order valence-electron chi connectivity index (χ2n) is 11.2. The molecule has 36 heavy (non-hydrogen) atoms. The highest BCUT2D eigenvalue weighted by molar-refractivity contribution is 7.18. The fraction of sp³-hybridized carbons (Fsp3) is 0.483. The van der Waals surface area contributed by atoms with Gasteiger partial charge in [0, 0.05) is 0 Å². The van der Waals surface area contributed by atoms with E-state index in [4.69, 9.17) is 9.72 Å². The maximum atomic E-state index is 13.6. The van der Waals surface area contributed by atoms with Crippen LogP contribution in [0.1, 0.15) is 55.3 Å². The fourth-order valence-corrected chi connectivity index (χ4v) is 5.88. The maximum Gasteiger partial charge on any atom is 0.307 e. The SMILES string of the molecule is CN(C)CCCc1ccc2nc(CNC(=O)C3(CC(=O)OC(C)(C)C)Cc4ccccc4C3)sc2c1. The number of carbonyl (C=O) groups is 2. The Morgan fingerprint density at radius 2 is 1.81 bits per heavy atom. The smallest absolute Gasteiger partial charge is 0.307 e. The Labute approximate surface area is 218 Å². The van der Waals surface area contributed by atoms with E-state index in [1.165, 1.54) is 5.56 Å². The first-order chi connectivity index (χ1) is 17.0. The van der Waals surface area contributed by atoms with Crippen molar-refractivity contribution in [2.24, 2.45) is 5.41 Å². The van der Waals surface area contributed by atoms with Gasteiger partial charge in [0.25, 0.3) is 0 Å². The van der Waals surface area contributed by atoms with Gasteiger partial charge in [-0.25, -0.2) is 4.98 Å². The van der Waals surface area contributed by atoms with Crippen LogP contribution in [0, 0.1) is 5.41 Å². The fourth-order valence-electron chi connectivity index (χ4n) is 4.90. The molecule has 0 unspecified atom stereocenters. The molecule has 1 amide bonds. The quantitative estimate of drug-likeness (QED) is 0.416. The number of rotatable bonds is 9. The summed E-state index contributed by atoms with van der Waals surface area (Å²) in [5.74, 6) is -0.458. The van der Waals surface area contributed by atoms with Gasteiger partial charge in [-0.15, -0.1) is 11.3 Å². The second kappa shape index (κ2) is 10.7. The van der Waals surface area contributed by atoms with Crippen LogP contribution in [0.25, 0.3) is 10.2 Å². The number of esters is 1. The second-order valence-corrected chi connectivity index (χ2v) is 12.3. The molecule has 3 aromatic rings. The number of carbonyl (C=O) groups excluding carboxylic acids is 2. The van der Waals surface area contributed by atoms with Gasteiger partial charge in [-0.2, -0.15) is 0 Å². The van der Waals surface area contributed by atoms with Crippen molar-refractivity contribution in [1.82, 2.24) is 15.2 Å². The molecular formula is C29H37N3O3S. The molecule has 0 saturated carbocycles. The minimum atomic E-state index is -0.845. The number of ether oxygens (including phenoxy) is 1. The molecule has 1 heterocycles. The molecule has 0 bridgehead atoms. The summed E-state index contributed by atoms with van der Waals surface area (Å²) in [6, 6.07) is 14.5. The Morgan fingerprint density at radius 1 is 1.11 bits per heavy atom. The molecule has 0 atom stereocenters. The third kappa shape index (κ3) is 6.51. The van der Waals surface area contributed by atoms with E-state index in [9.17, 15) is 9.59 Å². The molecular weight excluding hydrogens is 470 g/mol. The zero-order chi connectivity index (χ0) is 25.9. The number of hydrogen-bond donors (Lipinski definition) is 1. The normalized spacial score (nSPS) is 14.7. The maximum absolute atomic E-state index is 13.6. The van der Waals surface area contributed by atoms with E-state index in [1.54, 1.807) is 11.3 Å². The predicted octanol–water partition coefficient (Wildman–Crippen LogP) is 4.92. The zero-order valence-electron chi connectivity index (χ0n) is 22.0. The number of benzene rings is 2. The van der Waals surface area contributed by atoms with Crippen LogP contribution in [0.3, 0.4) is 0 Å². The highest BCUT2D eigenvalue weighted by Gasteiger charge is 2.46. The van der Waals surface area contributed by atoms with E-state index in [-0.39, 0.29) is 18.3 Å². The standard InChI is InChI=1S/C29H37N3O3S/c1-28(2,3)35-26(33)18-29(16-21-10-6-7-11-22(21)17-29)27(34)30-19-25-31-23-13-12-20(15-24(23)36-25)9-8-14-32(4)5/h6-7,10-13,15H,8-9,14,16-19H2,1-5H3,(H,30,34). The molecule has 0 aliphatic heterocycles. The number of fused-ring (bicyclic) bond motifs is 2. The Kier molecular flexibility index (Phi) is 7.81. The number of aromatic nitrogens is 1. The Balaban J connectivity index is 1.46. The molecule has 0 radical (unpaired) electrons. The summed E-state index contributed by atoms with van der Waals surface area (Å²) < 4.78 is 6.73.